The minimum absolute atomic E-state index is 0.138. The van der Waals surface area contributed by atoms with Crippen LogP contribution in [0.2, 0.25) is 0 Å². The second-order valence-electron chi connectivity index (χ2n) is 4.64. The lowest BCUT2D eigenvalue weighted by atomic mass is 9.68. The zero-order chi connectivity index (χ0) is 13.2. The first-order valence-electron chi connectivity index (χ1n) is 5.96. The molecule has 0 saturated heterocycles. The lowest BCUT2D eigenvalue weighted by molar-refractivity contribution is -0.129. The van der Waals surface area contributed by atoms with Gasteiger partial charge in [0.05, 0.1) is 18.2 Å². The Bertz CT molecular complexity index is 453. The molecule has 0 heterocycles. The van der Waals surface area contributed by atoms with Crippen molar-refractivity contribution in [3.05, 3.63) is 24.0 Å². The van der Waals surface area contributed by atoms with Gasteiger partial charge in [0.1, 0.15) is 11.6 Å². The van der Waals surface area contributed by atoms with E-state index in [1.165, 1.54) is 25.3 Å². The summed E-state index contributed by atoms with van der Waals surface area (Å²) >= 11 is 0. The number of hydrogen-bond acceptors (Lipinski definition) is 3. The number of carbonyl (C=O) groups is 1. The molecular weight excluding hydrogens is 235 g/mol. The number of nitrogens with one attached hydrogen (secondary N) is 1. The number of ether oxygens (including phenoxy) is 1. The summed E-state index contributed by atoms with van der Waals surface area (Å²) in [7, 11) is 1.49. The van der Waals surface area contributed by atoms with E-state index in [1.54, 1.807) is 0 Å². The molecule has 1 saturated carbocycles. The molecule has 1 aromatic rings. The summed E-state index contributed by atoms with van der Waals surface area (Å²) in [5.74, 6) is -0.179. The Morgan fingerprint density at radius 3 is 2.78 bits per heavy atom. The van der Waals surface area contributed by atoms with Gasteiger partial charge in [0, 0.05) is 12.6 Å². The van der Waals surface area contributed by atoms with E-state index in [9.17, 15) is 9.18 Å². The van der Waals surface area contributed by atoms with Crippen molar-refractivity contribution in [2.75, 3.05) is 19.0 Å². The quantitative estimate of drug-likeness (QED) is 0.860. The molecular formula is C13H17FN2O2. The van der Waals surface area contributed by atoms with Crippen LogP contribution in [0, 0.1) is 11.2 Å². The fourth-order valence-corrected chi connectivity index (χ4v) is 2.11. The SMILES string of the molecule is COc1ccc(F)c(NC(=O)C2(CN)CCC2)c1. The van der Waals surface area contributed by atoms with E-state index in [-0.39, 0.29) is 11.6 Å². The molecule has 0 atom stereocenters. The molecule has 0 unspecified atom stereocenters. The third-order valence-corrected chi connectivity index (χ3v) is 3.60. The molecule has 2 rings (SSSR count). The van der Waals surface area contributed by atoms with Gasteiger partial charge in [0.25, 0.3) is 0 Å². The predicted molar refractivity (Wildman–Crippen MR) is 66.9 cm³/mol. The van der Waals surface area contributed by atoms with E-state index in [0.29, 0.717) is 12.3 Å². The smallest absolute Gasteiger partial charge is 0.231 e. The number of amides is 1. The number of carbonyl (C=O) groups excluding carboxylic acids is 1. The Labute approximate surface area is 105 Å². The van der Waals surface area contributed by atoms with Crippen molar-refractivity contribution in [2.24, 2.45) is 11.1 Å². The van der Waals surface area contributed by atoms with Crippen LogP contribution in [0.4, 0.5) is 10.1 Å². The summed E-state index contributed by atoms with van der Waals surface area (Å²) in [6, 6.07) is 4.24. The van der Waals surface area contributed by atoms with Crippen LogP contribution < -0.4 is 15.8 Å². The van der Waals surface area contributed by atoms with Gasteiger partial charge >= 0.3 is 0 Å². The van der Waals surface area contributed by atoms with Gasteiger partial charge in [-0.25, -0.2) is 4.39 Å². The van der Waals surface area contributed by atoms with Crippen LogP contribution in [0.1, 0.15) is 19.3 Å². The second-order valence-corrected chi connectivity index (χ2v) is 4.64. The van der Waals surface area contributed by atoms with Gasteiger partial charge in [0.2, 0.25) is 5.91 Å². The van der Waals surface area contributed by atoms with Gasteiger partial charge in [-0.05, 0) is 25.0 Å². The van der Waals surface area contributed by atoms with Crippen LogP contribution >= 0.6 is 0 Å². The molecule has 5 heteroatoms. The first-order chi connectivity index (χ1) is 8.61. The zero-order valence-corrected chi connectivity index (χ0v) is 10.3. The van der Waals surface area contributed by atoms with E-state index in [0.717, 1.165) is 19.3 Å². The highest BCUT2D eigenvalue weighted by Gasteiger charge is 2.43. The number of benzene rings is 1. The van der Waals surface area contributed by atoms with Crippen molar-refractivity contribution in [3.63, 3.8) is 0 Å². The van der Waals surface area contributed by atoms with Gasteiger partial charge in [-0.3, -0.25) is 4.79 Å². The Morgan fingerprint density at radius 2 is 2.28 bits per heavy atom. The molecule has 0 radical (unpaired) electrons. The summed E-state index contributed by atoms with van der Waals surface area (Å²) < 4.78 is 18.6. The molecule has 3 N–H and O–H groups in total. The fourth-order valence-electron chi connectivity index (χ4n) is 2.11. The lowest BCUT2D eigenvalue weighted by Crippen LogP contribution is -2.47. The highest BCUT2D eigenvalue weighted by molar-refractivity contribution is 5.96. The number of nitrogens with two attached hydrogens (primary N) is 1. The molecule has 4 nitrogen and oxygen atoms in total. The Morgan fingerprint density at radius 1 is 1.56 bits per heavy atom. The Kier molecular flexibility index (Phi) is 3.52. The van der Waals surface area contributed by atoms with Crippen molar-refractivity contribution in [1.29, 1.82) is 0 Å². The number of rotatable bonds is 4. The first-order valence-corrected chi connectivity index (χ1v) is 5.96. The van der Waals surface area contributed by atoms with Crippen molar-refractivity contribution >= 4 is 11.6 Å². The third-order valence-electron chi connectivity index (χ3n) is 3.60. The Balaban J connectivity index is 2.16. The maximum absolute atomic E-state index is 13.6. The van der Waals surface area contributed by atoms with Gasteiger partial charge in [-0.1, -0.05) is 6.42 Å². The average Bonchev–Trinajstić information content (AvgIpc) is 2.31. The predicted octanol–water partition coefficient (Wildman–Crippen LogP) is 1.90. The van der Waals surface area contributed by atoms with E-state index >= 15 is 0 Å². The molecule has 0 aliphatic heterocycles. The van der Waals surface area contributed by atoms with Crippen LogP contribution in [0.5, 0.6) is 5.75 Å². The van der Waals surface area contributed by atoms with Gasteiger partial charge in [-0.15, -0.1) is 0 Å². The fraction of sp³-hybridized carbons (Fsp3) is 0.462. The molecule has 0 spiro atoms. The van der Waals surface area contributed by atoms with Gasteiger partial charge in [-0.2, -0.15) is 0 Å². The average molecular weight is 252 g/mol. The van der Waals surface area contributed by atoms with E-state index in [1.807, 2.05) is 0 Å². The zero-order valence-electron chi connectivity index (χ0n) is 10.3. The van der Waals surface area contributed by atoms with Crippen molar-refractivity contribution in [2.45, 2.75) is 19.3 Å². The minimum atomic E-state index is -0.518. The minimum Gasteiger partial charge on any atom is -0.497 e. The maximum Gasteiger partial charge on any atom is 0.231 e. The molecule has 1 aliphatic carbocycles. The van der Waals surface area contributed by atoms with E-state index < -0.39 is 11.2 Å². The van der Waals surface area contributed by atoms with Crippen LogP contribution in [0.15, 0.2) is 18.2 Å². The van der Waals surface area contributed by atoms with Crippen LogP contribution in [0.3, 0.4) is 0 Å². The number of anilines is 1. The summed E-state index contributed by atoms with van der Waals surface area (Å²) in [4.78, 5) is 12.1. The van der Waals surface area contributed by atoms with Gasteiger partial charge in [0.15, 0.2) is 0 Å². The van der Waals surface area contributed by atoms with Crippen LogP contribution in [0.25, 0.3) is 0 Å². The molecule has 0 bridgehead atoms. The molecule has 98 valence electrons. The van der Waals surface area contributed by atoms with Crippen molar-refractivity contribution < 1.29 is 13.9 Å². The molecule has 1 aliphatic rings. The summed E-state index contributed by atoms with van der Waals surface area (Å²) in [6.07, 6.45) is 2.52. The van der Waals surface area contributed by atoms with Crippen LogP contribution in [-0.2, 0) is 4.79 Å². The van der Waals surface area contributed by atoms with Crippen molar-refractivity contribution in [1.82, 2.24) is 0 Å². The van der Waals surface area contributed by atoms with E-state index in [2.05, 4.69) is 5.32 Å². The Hall–Kier alpha value is -1.62. The monoisotopic (exact) mass is 252 g/mol. The molecule has 1 fully saturated rings. The number of hydrogen-bond donors (Lipinski definition) is 2. The lowest BCUT2D eigenvalue weighted by Gasteiger charge is -2.39. The molecule has 0 aromatic heterocycles. The first kappa shape index (κ1) is 12.8. The van der Waals surface area contributed by atoms with E-state index in [4.69, 9.17) is 10.5 Å². The molecule has 1 aromatic carbocycles. The third kappa shape index (κ3) is 2.18. The number of methoxy groups -OCH3 is 1. The summed E-state index contributed by atoms with van der Waals surface area (Å²) in [5.41, 5.74) is 5.26. The second kappa shape index (κ2) is 4.94. The topological polar surface area (TPSA) is 64.3 Å². The highest BCUT2D eigenvalue weighted by Crippen LogP contribution is 2.41. The standard InChI is InChI=1S/C13H17FN2O2/c1-18-9-3-4-10(14)11(7-9)16-12(17)13(8-15)5-2-6-13/h3-4,7H,2,5-6,8,15H2,1H3,(H,16,17). The van der Waals surface area contributed by atoms with Gasteiger partial charge < -0.3 is 15.8 Å². The maximum atomic E-state index is 13.6. The normalized spacial score (nSPS) is 16.8. The highest BCUT2D eigenvalue weighted by atomic mass is 19.1. The number of halogens is 1. The molecule has 1 amide bonds. The molecule has 18 heavy (non-hydrogen) atoms. The van der Waals surface area contributed by atoms with Crippen LogP contribution in [-0.4, -0.2) is 19.6 Å². The largest absolute Gasteiger partial charge is 0.497 e. The van der Waals surface area contributed by atoms with Crippen molar-refractivity contribution in [3.8, 4) is 5.75 Å². The summed E-state index contributed by atoms with van der Waals surface area (Å²) in [5, 5.41) is 2.60. The summed E-state index contributed by atoms with van der Waals surface area (Å²) in [6.45, 7) is 0.296.